The molecule has 0 aliphatic heterocycles. The average molecular weight is 204 g/mol. The Hall–Kier alpha value is -1.72. The number of aliphatic hydroxyl groups is 1. The van der Waals surface area contributed by atoms with Crippen LogP contribution < -0.4 is 5.73 Å². The second-order valence-corrected chi connectivity index (χ2v) is 3.15. The first-order valence-electron chi connectivity index (χ1n) is 4.65. The van der Waals surface area contributed by atoms with Crippen molar-refractivity contribution in [3.05, 3.63) is 36.4 Å². The average Bonchev–Trinajstić information content (AvgIpc) is 2.78. The summed E-state index contributed by atoms with van der Waals surface area (Å²) in [5.74, 6) is 0.471. The number of rotatable bonds is 3. The Bertz CT molecular complexity index is 426. The number of pyridine rings is 1. The zero-order chi connectivity index (χ0) is 10.7. The molecule has 2 aromatic rings. The summed E-state index contributed by atoms with van der Waals surface area (Å²) in [6.45, 7) is 0.148. The molecule has 2 heterocycles. The molecule has 4 N–H and O–H groups in total. The molecule has 0 fully saturated rings. The fraction of sp³-hybridized carbons (Fsp3) is 0.200. The van der Waals surface area contributed by atoms with Gasteiger partial charge in [0.15, 0.2) is 0 Å². The van der Waals surface area contributed by atoms with Gasteiger partial charge in [-0.3, -0.25) is 4.98 Å². The van der Waals surface area contributed by atoms with Crippen molar-refractivity contribution in [2.24, 2.45) is 5.73 Å². The van der Waals surface area contributed by atoms with E-state index in [0.717, 1.165) is 11.4 Å². The molecular formula is C10H12N4O. The van der Waals surface area contributed by atoms with Crippen LogP contribution in [0.5, 0.6) is 0 Å². The number of nitrogens with one attached hydrogen (secondary N) is 1. The first kappa shape index (κ1) is 9.82. The van der Waals surface area contributed by atoms with Gasteiger partial charge in [0.25, 0.3) is 0 Å². The van der Waals surface area contributed by atoms with Crippen LogP contribution in [0.1, 0.15) is 11.9 Å². The van der Waals surface area contributed by atoms with E-state index in [1.807, 2.05) is 18.2 Å². The molecule has 1 unspecified atom stereocenters. The molecule has 0 radical (unpaired) electrons. The van der Waals surface area contributed by atoms with Crippen molar-refractivity contribution in [1.82, 2.24) is 15.0 Å². The summed E-state index contributed by atoms with van der Waals surface area (Å²) in [5, 5.41) is 9.45. The van der Waals surface area contributed by atoms with Gasteiger partial charge in [-0.2, -0.15) is 0 Å². The van der Waals surface area contributed by atoms with E-state index >= 15 is 0 Å². The number of aromatic amines is 1. The van der Waals surface area contributed by atoms with E-state index in [9.17, 15) is 5.11 Å². The van der Waals surface area contributed by atoms with Crippen LogP contribution in [-0.2, 0) is 0 Å². The lowest BCUT2D eigenvalue weighted by molar-refractivity contribution is 0.177. The van der Waals surface area contributed by atoms with Crippen LogP contribution in [0.2, 0.25) is 0 Å². The molecule has 0 aliphatic rings. The van der Waals surface area contributed by atoms with E-state index in [-0.39, 0.29) is 6.54 Å². The van der Waals surface area contributed by atoms with E-state index in [0.29, 0.717) is 5.82 Å². The third-order valence-electron chi connectivity index (χ3n) is 2.08. The van der Waals surface area contributed by atoms with Crippen LogP contribution in [0.15, 0.2) is 30.6 Å². The van der Waals surface area contributed by atoms with E-state index in [1.54, 1.807) is 12.4 Å². The number of nitrogens with zero attached hydrogens (tertiary/aromatic N) is 2. The molecule has 0 spiro atoms. The molecule has 5 nitrogen and oxygen atoms in total. The van der Waals surface area contributed by atoms with Gasteiger partial charge in [-0.25, -0.2) is 4.98 Å². The largest absolute Gasteiger partial charge is 0.384 e. The standard InChI is InChI=1S/C10H12N4O/c11-5-9(15)10-13-6-8(14-10)7-3-1-2-4-12-7/h1-4,6,9,15H,5,11H2,(H,13,14). The predicted octanol–water partition coefficient (Wildman–Crippen LogP) is 0.464. The minimum Gasteiger partial charge on any atom is -0.384 e. The van der Waals surface area contributed by atoms with Crippen molar-refractivity contribution in [3.8, 4) is 11.4 Å². The van der Waals surface area contributed by atoms with Gasteiger partial charge in [0, 0.05) is 12.7 Å². The zero-order valence-electron chi connectivity index (χ0n) is 8.09. The van der Waals surface area contributed by atoms with Gasteiger partial charge in [0.05, 0.1) is 17.6 Å². The number of aliphatic hydroxyl groups excluding tert-OH is 1. The minimum atomic E-state index is -0.748. The molecule has 2 rings (SSSR count). The normalized spacial score (nSPS) is 12.7. The van der Waals surface area contributed by atoms with Crippen molar-refractivity contribution in [2.75, 3.05) is 6.54 Å². The lowest BCUT2D eigenvalue weighted by Gasteiger charge is -2.02. The number of hydrogen-bond acceptors (Lipinski definition) is 4. The van der Waals surface area contributed by atoms with Gasteiger partial charge in [0.1, 0.15) is 11.9 Å². The Balaban J connectivity index is 2.28. The van der Waals surface area contributed by atoms with Crippen LogP contribution in [0.4, 0.5) is 0 Å². The molecular weight excluding hydrogens is 192 g/mol. The zero-order valence-corrected chi connectivity index (χ0v) is 8.09. The summed E-state index contributed by atoms with van der Waals surface area (Å²) < 4.78 is 0. The summed E-state index contributed by atoms with van der Waals surface area (Å²) in [4.78, 5) is 11.2. The molecule has 0 saturated carbocycles. The minimum absolute atomic E-state index is 0.148. The fourth-order valence-corrected chi connectivity index (χ4v) is 1.27. The van der Waals surface area contributed by atoms with Crippen molar-refractivity contribution < 1.29 is 5.11 Å². The molecule has 78 valence electrons. The van der Waals surface area contributed by atoms with Crippen LogP contribution in [0.3, 0.4) is 0 Å². The molecule has 0 aromatic carbocycles. The first-order chi connectivity index (χ1) is 7.31. The van der Waals surface area contributed by atoms with Crippen LogP contribution in [0, 0.1) is 0 Å². The second kappa shape index (κ2) is 4.20. The number of hydrogen-bond donors (Lipinski definition) is 3. The van der Waals surface area contributed by atoms with E-state index < -0.39 is 6.10 Å². The molecule has 15 heavy (non-hydrogen) atoms. The van der Waals surface area contributed by atoms with Crippen molar-refractivity contribution in [3.63, 3.8) is 0 Å². The molecule has 0 bridgehead atoms. The van der Waals surface area contributed by atoms with Gasteiger partial charge in [-0.1, -0.05) is 6.07 Å². The molecule has 0 amide bonds. The number of H-pyrrole nitrogens is 1. The summed E-state index contributed by atoms with van der Waals surface area (Å²) in [7, 11) is 0. The summed E-state index contributed by atoms with van der Waals surface area (Å²) >= 11 is 0. The lowest BCUT2D eigenvalue weighted by Crippen LogP contribution is -2.12. The van der Waals surface area contributed by atoms with Crippen LogP contribution in [0.25, 0.3) is 11.4 Å². The molecule has 1 atom stereocenters. The van der Waals surface area contributed by atoms with Crippen molar-refractivity contribution in [1.29, 1.82) is 0 Å². The summed E-state index contributed by atoms with van der Waals surface area (Å²) in [5.41, 5.74) is 6.89. The monoisotopic (exact) mass is 204 g/mol. The van der Waals surface area contributed by atoms with E-state index in [4.69, 9.17) is 5.73 Å². The second-order valence-electron chi connectivity index (χ2n) is 3.15. The Morgan fingerprint density at radius 1 is 1.40 bits per heavy atom. The van der Waals surface area contributed by atoms with E-state index in [2.05, 4.69) is 15.0 Å². The Kier molecular flexibility index (Phi) is 2.75. The molecule has 2 aromatic heterocycles. The quantitative estimate of drug-likeness (QED) is 0.678. The van der Waals surface area contributed by atoms with Gasteiger partial charge < -0.3 is 15.8 Å². The van der Waals surface area contributed by atoms with Crippen LogP contribution in [-0.4, -0.2) is 26.6 Å². The summed E-state index contributed by atoms with van der Waals surface area (Å²) in [6.07, 6.45) is 2.59. The Morgan fingerprint density at radius 2 is 2.27 bits per heavy atom. The SMILES string of the molecule is NCC(O)c1ncc(-c2ccccn2)[nH]1. The Morgan fingerprint density at radius 3 is 2.93 bits per heavy atom. The van der Waals surface area contributed by atoms with Gasteiger partial charge in [-0.05, 0) is 12.1 Å². The number of nitrogens with two attached hydrogens (primary N) is 1. The highest BCUT2D eigenvalue weighted by Gasteiger charge is 2.10. The highest BCUT2D eigenvalue weighted by Crippen LogP contribution is 2.15. The fourth-order valence-electron chi connectivity index (χ4n) is 1.27. The first-order valence-corrected chi connectivity index (χ1v) is 4.65. The third-order valence-corrected chi connectivity index (χ3v) is 2.08. The highest BCUT2D eigenvalue weighted by molar-refractivity contribution is 5.52. The molecule has 0 aliphatic carbocycles. The van der Waals surface area contributed by atoms with Crippen LogP contribution >= 0.6 is 0 Å². The maximum Gasteiger partial charge on any atom is 0.136 e. The summed E-state index contributed by atoms with van der Waals surface area (Å²) in [6, 6.07) is 5.60. The van der Waals surface area contributed by atoms with Gasteiger partial charge in [0.2, 0.25) is 0 Å². The molecule has 0 saturated heterocycles. The highest BCUT2D eigenvalue weighted by atomic mass is 16.3. The third kappa shape index (κ3) is 2.03. The predicted molar refractivity (Wildman–Crippen MR) is 55.8 cm³/mol. The van der Waals surface area contributed by atoms with Crippen molar-refractivity contribution >= 4 is 0 Å². The smallest absolute Gasteiger partial charge is 0.136 e. The maximum atomic E-state index is 9.45. The van der Waals surface area contributed by atoms with Crippen molar-refractivity contribution in [2.45, 2.75) is 6.10 Å². The Labute approximate surface area is 87.0 Å². The number of aromatic nitrogens is 3. The van der Waals surface area contributed by atoms with E-state index in [1.165, 1.54) is 0 Å². The lowest BCUT2D eigenvalue weighted by atomic mass is 10.3. The van der Waals surface area contributed by atoms with Gasteiger partial charge in [-0.15, -0.1) is 0 Å². The molecule has 5 heteroatoms. The van der Waals surface area contributed by atoms with Gasteiger partial charge >= 0.3 is 0 Å². The number of imidazole rings is 1. The maximum absolute atomic E-state index is 9.45. The topological polar surface area (TPSA) is 87.8 Å².